The van der Waals surface area contributed by atoms with Crippen molar-refractivity contribution in [1.29, 1.82) is 0 Å². The van der Waals surface area contributed by atoms with E-state index in [-0.39, 0.29) is 170 Å². The van der Waals surface area contributed by atoms with E-state index >= 15 is 0 Å². The van der Waals surface area contributed by atoms with E-state index < -0.39 is 48.0 Å². The van der Waals surface area contributed by atoms with Crippen LogP contribution in [0.5, 0.6) is 0 Å². The summed E-state index contributed by atoms with van der Waals surface area (Å²) in [6.45, 7) is 7.32. The molecule has 3 rings (SSSR count). The van der Waals surface area contributed by atoms with Gasteiger partial charge in [-0.1, -0.05) is 30.3 Å². The summed E-state index contributed by atoms with van der Waals surface area (Å²) in [4.78, 5) is 86.6. The number of ether oxygens (including phenoxy) is 6. The highest BCUT2D eigenvalue weighted by Gasteiger charge is 2.26. The zero-order valence-electron chi connectivity index (χ0n) is 47.6. The number of rotatable bonds is 40. The summed E-state index contributed by atoms with van der Waals surface area (Å²) in [5, 5.41) is 81.4. The highest BCUT2D eigenvalue weighted by atomic mass is 16.6. The van der Waals surface area contributed by atoms with E-state index in [4.69, 9.17) is 28.4 Å². The largest absolute Gasteiger partial charge is 0.480 e. The lowest BCUT2D eigenvalue weighted by Crippen LogP contribution is -2.51. The number of aliphatic carboxylic acids is 6. The van der Waals surface area contributed by atoms with Gasteiger partial charge in [-0.3, -0.25) is 72.9 Å². The fourth-order valence-electron chi connectivity index (χ4n) is 9.24. The molecule has 29 nitrogen and oxygen atoms in total. The maximum atomic E-state index is 11.9. The molecule has 0 saturated carbocycles. The zero-order chi connectivity index (χ0) is 59.7. The molecule has 2 fully saturated rings. The van der Waals surface area contributed by atoms with Crippen LogP contribution in [-0.2, 0) is 63.8 Å². The predicted molar refractivity (Wildman–Crippen MR) is 296 cm³/mol. The lowest BCUT2D eigenvalue weighted by atomic mass is 10.2. The summed E-state index contributed by atoms with van der Waals surface area (Å²) in [6.07, 6.45) is -2.05. The zero-order valence-corrected chi connectivity index (χ0v) is 47.6. The topological polar surface area (TPSA) is 349 Å². The summed E-state index contributed by atoms with van der Waals surface area (Å²) >= 11 is 0. The van der Waals surface area contributed by atoms with Gasteiger partial charge in [-0.05, 0) is 5.56 Å². The van der Waals surface area contributed by atoms with Gasteiger partial charge >= 0.3 is 35.8 Å². The van der Waals surface area contributed by atoms with Gasteiger partial charge in [0.25, 0.3) is 0 Å². The van der Waals surface area contributed by atoms with Gasteiger partial charge < -0.3 is 69.3 Å². The molecule has 2 heterocycles. The Bertz CT molecular complexity index is 1760. The maximum absolute atomic E-state index is 11.9. The first-order valence-electron chi connectivity index (χ1n) is 28.1. The van der Waals surface area contributed by atoms with Crippen LogP contribution in [0.2, 0.25) is 0 Å². The number of nitrogens with zero attached hydrogens (tertiary/aromatic N) is 9. The molecule has 0 radical (unpaired) electrons. The van der Waals surface area contributed by atoms with Crippen molar-refractivity contribution in [2.45, 2.75) is 18.8 Å². The summed E-state index contributed by atoms with van der Waals surface area (Å²) < 4.78 is 33.9. The first-order chi connectivity index (χ1) is 39.4. The van der Waals surface area contributed by atoms with Gasteiger partial charge in [0.15, 0.2) is 0 Å². The first kappa shape index (κ1) is 71.6. The minimum absolute atomic E-state index is 0.0547. The number of carboxylic acid groups (broad SMARTS) is 6. The van der Waals surface area contributed by atoms with Crippen molar-refractivity contribution < 1.29 is 98.0 Å². The second kappa shape index (κ2) is 43.9. The summed E-state index contributed by atoms with van der Waals surface area (Å²) in [6, 6.07) is 9.90. The van der Waals surface area contributed by atoms with Gasteiger partial charge in [-0.2, -0.15) is 0 Å². The third kappa shape index (κ3) is 37.5. The van der Waals surface area contributed by atoms with Gasteiger partial charge in [0.05, 0.1) is 131 Å². The van der Waals surface area contributed by atoms with E-state index in [1.807, 2.05) is 45.0 Å². The number of hydrogen-bond acceptors (Lipinski definition) is 23. The average molecular weight is 1180 g/mol. The molecule has 2 saturated heterocycles. The summed E-state index contributed by atoms with van der Waals surface area (Å²) in [5.74, 6) is -6.38. The molecule has 470 valence electrons. The normalized spacial score (nSPS) is 18.2. The Morgan fingerprint density at radius 3 is 0.841 bits per heavy atom. The smallest absolute Gasteiger partial charge is 0.317 e. The van der Waals surface area contributed by atoms with E-state index in [0.717, 1.165) is 5.56 Å². The fourth-order valence-corrected chi connectivity index (χ4v) is 9.24. The molecule has 0 aromatic heterocycles. The van der Waals surface area contributed by atoms with Crippen LogP contribution in [0.25, 0.3) is 0 Å². The standard InChI is InChI=1S/C53H93N9O20/c63-46(34-54-6-10-56(38-48(65)66)14-18-60(42-52(73)74)19-15-57(11-7-54)39-49(67)68)36-62(22-23-77-24-25-78-26-27-79-28-29-80-30-31-81-32-33-82-44-45-4-2-1-3-5-45)37-47(64)35-55-8-12-58(40-50(69)70)16-20-61(43-53(75)76)21-17-59(13-9-55)41-51(71)72/h1-5,46-47,63-64H,6-44H2,(H,65,66)(H,67,68)(H,69,70)(H,71,72)(H,73,74)(H,75,76). The second-order valence-electron chi connectivity index (χ2n) is 20.3. The van der Waals surface area contributed by atoms with E-state index in [1.54, 1.807) is 29.4 Å². The Hall–Kier alpha value is -4.64. The highest BCUT2D eigenvalue weighted by Crippen LogP contribution is 2.08. The van der Waals surface area contributed by atoms with Crippen LogP contribution in [0.15, 0.2) is 30.3 Å². The van der Waals surface area contributed by atoms with Crippen molar-refractivity contribution in [2.24, 2.45) is 0 Å². The summed E-state index contributed by atoms with van der Waals surface area (Å²) in [5.41, 5.74) is 1.10. The van der Waals surface area contributed by atoms with Crippen molar-refractivity contribution in [1.82, 2.24) is 44.1 Å². The van der Waals surface area contributed by atoms with Crippen molar-refractivity contribution in [2.75, 3.05) is 249 Å². The van der Waals surface area contributed by atoms with Crippen molar-refractivity contribution in [3.05, 3.63) is 35.9 Å². The van der Waals surface area contributed by atoms with Gasteiger partial charge in [-0.25, -0.2) is 0 Å². The minimum atomic E-state index is -1.06. The van der Waals surface area contributed by atoms with E-state index in [2.05, 4.69) is 0 Å². The molecule has 0 aliphatic carbocycles. The van der Waals surface area contributed by atoms with Crippen LogP contribution in [0.3, 0.4) is 0 Å². The molecular weight excluding hydrogens is 1080 g/mol. The highest BCUT2D eigenvalue weighted by molar-refractivity contribution is 5.71. The second-order valence-corrected chi connectivity index (χ2v) is 20.3. The number of carbonyl (C=O) groups is 6. The molecule has 0 bridgehead atoms. The van der Waals surface area contributed by atoms with Gasteiger partial charge in [0.1, 0.15) is 0 Å². The van der Waals surface area contributed by atoms with Crippen molar-refractivity contribution in [3.63, 3.8) is 0 Å². The first-order valence-corrected chi connectivity index (χ1v) is 28.1. The van der Waals surface area contributed by atoms with Crippen LogP contribution in [0.1, 0.15) is 5.56 Å². The Morgan fingerprint density at radius 1 is 0.354 bits per heavy atom. The molecule has 1 aromatic rings. The molecular formula is C53H93N9O20. The van der Waals surface area contributed by atoms with Crippen molar-refractivity contribution in [3.8, 4) is 0 Å². The molecule has 2 unspecified atom stereocenters. The predicted octanol–water partition coefficient (Wildman–Crippen LogP) is -3.74. The van der Waals surface area contributed by atoms with Gasteiger partial charge in [0.2, 0.25) is 0 Å². The van der Waals surface area contributed by atoms with E-state index in [9.17, 15) is 69.6 Å². The fraction of sp³-hybridized carbons (Fsp3) is 0.774. The van der Waals surface area contributed by atoms with Gasteiger partial charge in [0, 0.05) is 137 Å². The lowest BCUT2D eigenvalue weighted by molar-refractivity contribution is -0.140. The number of aliphatic hydroxyl groups excluding tert-OH is 2. The van der Waals surface area contributed by atoms with Crippen LogP contribution < -0.4 is 0 Å². The third-order valence-electron chi connectivity index (χ3n) is 13.4. The molecule has 29 heteroatoms. The molecule has 2 aliphatic heterocycles. The van der Waals surface area contributed by atoms with Crippen LogP contribution >= 0.6 is 0 Å². The van der Waals surface area contributed by atoms with Crippen LogP contribution in [-0.4, -0.2) is 382 Å². The maximum Gasteiger partial charge on any atom is 0.317 e. The average Bonchev–Trinajstić information content (AvgIpc) is 3.45. The van der Waals surface area contributed by atoms with Crippen molar-refractivity contribution >= 4 is 35.8 Å². The minimum Gasteiger partial charge on any atom is -0.480 e. The lowest BCUT2D eigenvalue weighted by Gasteiger charge is -2.35. The summed E-state index contributed by atoms with van der Waals surface area (Å²) in [7, 11) is 0. The molecule has 2 atom stereocenters. The Morgan fingerprint density at radius 2 is 0.585 bits per heavy atom. The molecule has 2 aliphatic rings. The number of carboxylic acids is 6. The third-order valence-corrected chi connectivity index (χ3v) is 13.4. The van der Waals surface area contributed by atoms with Crippen LogP contribution in [0, 0.1) is 0 Å². The number of benzene rings is 1. The van der Waals surface area contributed by atoms with Gasteiger partial charge in [-0.15, -0.1) is 0 Å². The number of hydrogen-bond donors (Lipinski definition) is 8. The quantitative estimate of drug-likeness (QED) is 0.0293. The SMILES string of the molecule is O=C(O)CN1CCN(CC(=O)O)CCN(CC(O)CN(CCOCCOCCOCCOCCOCCOCc2ccccc2)CC(O)CN2CCN(CC(=O)O)CCN(CC(=O)O)CCN(CC(=O)O)CC2)CCN(CC(=O)O)CC1. The number of β-amino-alcohol motifs (C(OH)–C–C–N with tert-alkyl or cyclic N) is 2. The Balaban J connectivity index is 1.62. The molecule has 8 N–H and O–H groups in total. The van der Waals surface area contributed by atoms with E-state index in [1.165, 1.54) is 0 Å². The molecule has 0 amide bonds. The van der Waals surface area contributed by atoms with E-state index in [0.29, 0.717) is 85.6 Å². The van der Waals surface area contributed by atoms with Crippen LogP contribution in [0.4, 0.5) is 0 Å². The molecule has 0 spiro atoms. The number of aliphatic hydroxyl groups is 2. The Kier molecular flexibility index (Phi) is 38.4. The Labute approximate surface area is 480 Å². The molecule has 1 aromatic carbocycles. The monoisotopic (exact) mass is 1180 g/mol. The molecule has 82 heavy (non-hydrogen) atoms.